The maximum atomic E-state index is 12.4. The molecule has 0 spiro atoms. The summed E-state index contributed by atoms with van der Waals surface area (Å²) in [7, 11) is -3.91. The summed E-state index contributed by atoms with van der Waals surface area (Å²) in [6.07, 6.45) is 5.76. The van der Waals surface area contributed by atoms with Crippen molar-refractivity contribution < 1.29 is 17.6 Å². The number of hydrogen-bond donors (Lipinski definition) is 1. The third-order valence-corrected chi connectivity index (χ3v) is 5.51. The molecule has 0 saturated carbocycles. The molecule has 23 heavy (non-hydrogen) atoms. The fourth-order valence-electron chi connectivity index (χ4n) is 3.46. The molecular formula is C15H23N3O4S. The van der Waals surface area contributed by atoms with E-state index in [4.69, 9.17) is 9.56 Å². The van der Waals surface area contributed by atoms with Crippen molar-refractivity contribution in [2.75, 3.05) is 26.2 Å². The fraction of sp³-hybridized carbons (Fsp3) is 0.667. The molecule has 3 rings (SSSR count). The molecule has 0 bridgehead atoms. The Kier molecular flexibility index (Phi) is 4.74. The quantitative estimate of drug-likeness (QED) is 0.885. The predicted octanol–water partition coefficient (Wildman–Crippen LogP) is 1.02. The maximum absolute atomic E-state index is 12.4. The maximum Gasteiger partial charge on any atom is 0.289 e. The van der Waals surface area contributed by atoms with Crippen LogP contribution >= 0.6 is 0 Å². The normalized spacial score (nSPS) is 21.5. The minimum atomic E-state index is -3.91. The van der Waals surface area contributed by atoms with Gasteiger partial charge >= 0.3 is 0 Å². The summed E-state index contributed by atoms with van der Waals surface area (Å²) < 4.78 is 27.5. The van der Waals surface area contributed by atoms with Gasteiger partial charge in [0.1, 0.15) is 0 Å². The fourth-order valence-corrected chi connectivity index (χ4v) is 3.93. The molecule has 1 aromatic heterocycles. The van der Waals surface area contributed by atoms with Gasteiger partial charge in [-0.1, -0.05) is 6.42 Å². The Morgan fingerprint density at radius 3 is 2.30 bits per heavy atom. The van der Waals surface area contributed by atoms with Crippen molar-refractivity contribution in [3.8, 4) is 0 Å². The van der Waals surface area contributed by atoms with Crippen LogP contribution in [-0.4, -0.2) is 56.3 Å². The monoisotopic (exact) mass is 341 g/mol. The van der Waals surface area contributed by atoms with E-state index in [0.29, 0.717) is 19.1 Å². The van der Waals surface area contributed by atoms with E-state index in [1.807, 2.05) is 0 Å². The smallest absolute Gasteiger partial charge is 0.289 e. The first kappa shape index (κ1) is 16.5. The molecule has 2 fully saturated rings. The number of hydrogen-bond acceptors (Lipinski definition) is 5. The molecule has 0 aromatic carbocycles. The molecule has 128 valence electrons. The highest BCUT2D eigenvalue weighted by Crippen LogP contribution is 2.22. The lowest BCUT2D eigenvalue weighted by Crippen LogP contribution is -2.48. The molecule has 0 radical (unpaired) electrons. The van der Waals surface area contributed by atoms with Crippen molar-refractivity contribution in [3.05, 3.63) is 17.9 Å². The van der Waals surface area contributed by atoms with Gasteiger partial charge in [-0.3, -0.25) is 4.79 Å². The molecule has 0 atom stereocenters. The summed E-state index contributed by atoms with van der Waals surface area (Å²) in [5.41, 5.74) is 0. The van der Waals surface area contributed by atoms with Gasteiger partial charge in [0.05, 0.1) is 0 Å². The number of carbonyl (C=O) groups excluding carboxylic acids is 1. The second-order valence-electron chi connectivity index (χ2n) is 6.28. The van der Waals surface area contributed by atoms with Crippen LogP contribution in [0.3, 0.4) is 0 Å². The number of rotatable bonds is 3. The van der Waals surface area contributed by atoms with Gasteiger partial charge in [-0.05, 0) is 50.9 Å². The van der Waals surface area contributed by atoms with E-state index in [1.165, 1.54) is 31.4 Å². The average Bonchev–Trinajstić information content (AvgIpc) is 3.05. The van der Waals surface area contributed by atoms with Gasteiger partial charge < -0.3 is 14.2 Å². The van der Waals surface area contributed by atoms with E-state index < -0.39 is 10.0 Å². The number of nitrogens with zero attached hydrogens (tertiary/aromatic N) is 2. The lowest BCUT2D eigenvalue weighted by atomic mass is 10.00. The molecule has 2 N–H and O–H groups in total. The third kappa shape index (κ3) is 3.76. The second kappa shape index (κ2) is 6.62. The van der Waals surface area contributed by atoms with Crippen molar-refractivity contribution in [3.63, 3.8) is 0 Å². The van der Waals surface area contributed by atoms with Crippen molar-refractivity contribution >= 4 is 15.9 Å². The molecule has 8 heteroatoms. The minimum absolute atomic E-state index is 0.0328. The number of nitrogens with two attached hydrogens (primary N) is 1. The first-order valence-corrected chi connectivity index (χ1v) is 9.66. The molecule has 0 unspecified atom stereocenters. The van der Waals surface area contributed by atoms with Crippen LogP contribution in [0.1, 0.15) is 42.7 Å². The Morgan fingerprint density at radius 1 is 1.09 bits per heavy atom. The molecule has 2 saturated heterocycles. The van der Waals surface area contributed by atoms with E-state index in [0.717, 1.165) is 25.9 Å². The molecule has 0 aliphatic carbocycles. The van der Waals surface area contributed by atoms with Crippen molar-refractivity contribution in [1.29, 1.82) is 0 Å². The number of amides is 1. The molecule has 7 nitrogen and oxygen atoms in total. The van der Waals surface area contributed by atoms with E-state index in [9.17, 15) is 13.2 Å². The summed E-state index contributed by atoms with van der Waals surface area (Å²) in [4.78, 5) is 16.7. The van der Waals surface area contributed by atoms with E-state index >= 15 is 0 Å². The average molecular weight is 341 g/mol. The highest BCUT2D eigenvalue weighted by molar-refractivity contribution is 7.89. The number of carbonyl (C=O) groups is 1. The number of primary sulfonamides is 1. The Morgan fingerprint density at radius 2 is 1.74 bits per heavy atom. The van der Waals surface area contributed by atoms with Gasteiger partial charge in [0.15, 0.2) is 5.76 Å². The van der Waals surface area contributed by atoms with E-state index in [-0.39, 0.29) is 16.8 Å². The van der Waals surface area contributed by atoms with Crippen molar-refractivity contribution in [2.45, 2.75) is 43.2 Å². The number of sulfonamides is 1. The van der Waals surface area contributed by atoms with Crippen LogP contribution in [0.5, 0.6) is 0 Å². The minimum Gasteiger partial charge on any atom is -0.438 e. The highest BCUT2D eigenvalue weighted by Gasteiger charge is 2.29. The third-order valence-electron chi connectivity index (χ3n) is 4.73. The van der Waals surface area contributed by atoms with Crippen LogP contribution in [0, 0.1) is 0 Å². The van der Waals surface area contributed by atoms with Crippen LogP contribution in [0.15, 0.2) is 21.6 Å². The zero-order valence-electron chi connectivity index (χ0n) is 13.1. The molecule has 3 heterocycles. The summed E-state index contributed by atoms with van der Waals surface area (Å²) in [5.74, 6) is -0.234. The summed E-state index contributed by atoms with van der Waals surface area (Å²) in [5, 5.41) is 4.63. The lowest BCUT2D eigenvalue weighted by Gasteiger charge is -2.40. The summed E-state index contributed by atoms with van der Waals surface area (Å²) in [6, 6.07) is 3.15. The van der Waals surface area contributed by atoms with Crippen LogP contribution in [0.4, 0.5) is 0 Å². The first-order chi connectivity index (χ1) is 10.9. The molecular weight excluding hydrogens is 318 g/mol. The number of likely N-dealkylation sites (tertiary alicyclic amines) is 2. The van der Waals surface area contributed by atoms with Crippen LogP contribution in [0.2, 0.25) is 0 Å². The summed E-state index contributed by atoms with van der Waals surface area (Å²) in [6.45, 7) is 3.67. The van der Waals surface area contributed by atoms with Crippen LogP contribution < -0.4 is 5.14 Å². The predicted molar refractivity (Wildman–Crippen MR) is 84.4 cm³/mol. The van der Waals surface area contributed by atoms with E-state index in [1.54, 1.807) is 4.90 Å². The van der Waals surface area contributed by atoms with Crippen LogP contribution in [0.25, 0.3) is 0 Å². The second-order valence-corrected chi connectivity index (χ2v) is 7.78. The largest absolute Gasteiger partial charge is 0.438 e. The molecule has 1 aromatic rings. The molecule has 2 aliphatic heterocycles. The van der Waals surface area contributed by atoms with Crippen LogP contribution in [-0.2, 0) is 10.0 Å². The van der Waals surface area contributed by atoms with Crippen molar-refractivity contribution in [1.82, 2.24) is 9.80 Å². The Bertz CT molecular complexity index is 656. The topological polar surface area (TPSA) is 96.8 Å². The zero-order valence-corrected chi connectivity index (χ0v) is 13.9. The Labute approximate surface area is 136 Å². The Hall–Kier alpha value is -1.38. The molecule has 2 aliphatic rings. The van der Waals surface area contributed by atoms with Gasteiger partial charge in [0.2, 0.25) is 5.09 Å². The standard InChI is InChI=1S/C15H23N3O4S/c16-23(20,21)14-5-4-13(22-14)15(19)18-10-6-12(7-11-18)17-8-2-1-3-9-17/h4-5,12H,1-3,6-11H2,(H2,16,20,21). The highest BCUT2D eigenvalue weighted by atomic mass is 32.2. The van der Waals surface area contributed by atoms with Crippen molar-refractivity contribution in [2.24, 2.45) is 5.14 Å². The van der Waals surface area contributed by atoms with Gasteiger partial charge in [0.25, 0.3) is 15.9 Å². The zero-order chi connectivity index (χ0) is 16.4. The SMILES string of the molecule is NS(=O)(=O)c1ccc(C(=O)N2CCC(N3CCCCC3)CC2)o1. The van der Waals surface area contributed by atoms with Gasteiger partial charge in [-0.25, -0.2) is 13.6 Å². The molecule has 1 amide bonds. The van der Waals surface area contributed by atoms with Gasteiger partial charge in [0, 0.05) is 19.1 Å². The number of furan rings is 1. The number of piperidine rings is 2. The van der Waals surface area contributed by atoms with E-state index in [2.05, 4.69) is 4.90 Å². The first-order valence-electron chi connectivity index (χ1n) is 8.11. The van der Waals surface area contributed by atoms with Gasteiger partial charge in [-0.15, -0.1) is 0 Å². The Balaban J connectivity index is 1.58. The summed E-state index contributed by atoms with van der Waals surface area (Å²) >= 11 is 0. The van der Waals surface area contributed by atoms with Gasteiger partial charge in [-0.2, -0.15) is 0 Å². The lowest BCUT2D eigenvalue weighted by molar-refractivity contribution is 0.0558.